The quantitative estimate of drug-likeness (QED) is 0.161. The van der Waals surface area contributed by atoms with E-state index in [0.717, 1.165) is 18.5 Å². The zero-order chi connectivity index (χ0) is 19.3. The minimum absolute atomic E-state index is 0.0757. The van der Waals surface area contributed by atoms with Gasteiger partial charge in [0.15, 0.2) is 11.6 Å². The van der Waals surface area contributed by atoms with Crippen molar-refractivity contribution in [3.63, 3.8) is 0 Å². The summed E-state index contributed by atoms with van der Waals surface area (Å²) in [5.74, 6) is -7.15. The molecule has 5 nitrogen and oxygen atoms in total. The highest BCUT2D eigenvalue weighted by molar-refractivity contribution is 6.24. The summed E-state index contributed by atoms with van der Waals surface area (Å²) in [5.41, 5.74) is -1.53. The lowest BCUT2D eigenvalue weighted by Crippen LogP contribution is -2.19. The Morgan fingerprint density at radius 2 is 1.81 bits per heavy atom. The number of hydrogen-bond acceptors (Lipinski definition) is 5. The summed E-state index contributed by atoms with van der Waals surface area (Å²) < 4.78 is 57.7. The summed E-state index contributed by atoms with van der Waals surface area (Å²) in [6, 6.07) is 2.83. The first-order valence-corrected chi connectivity index (χ1v) is 7.28. The average molecular weight is 368 g/mol. The van der Waals surface area contributed by atoms with Crippen molar-refractivity contribution in [2.24, 2.45) is 0 Å². The predicted octanol–water partition coefficient (Wildman–Crippen LogP) is 3.38. The number of ether oxygens (including phenoxy) is 1. The smallest absolute Gasteiger partial charge is 0.343 e. The first-order valence-electron chi connectivity index (χ1n) is 7.28. The van der Waals surface area contributed by atoms with E-state index in [1.807, 2.05) is 0 Å². The molecule has 0 aliphatic carbocycles. The number of ketones is 1. The number of nitrogens with zero attached hydrogens (tertiary/aromatic N) is 1. The van der Waals surface area contributed by atoms with Crippen molar-refractivity contribution in [2.45, 2.75) is 6.92 Å². The van der Waals surface area contributed by atoms with Gasteiger partial charge in [-0.25, -0.2) is 27.3 Å². The first kappa shape index (κ1) is 19.1. The lowest BCUT2D eigenvalue weighted by molar-refractivity contribution is -0.138. The van der Waals surface area contributed by atoms with Crippen LogP contribution in [0.15, 0.2) is 42.2 Å². The number of carbonyl (C=O) groups excluding carboxylic acids is 2. The minimum atomic E-state index is -1.48. The average Bonchev–Trinajstić information content (AvgIpc) is 2.60. The summed E-state index contributed by atoms with van der Waals surface area (Å²) >= 11 is 0. The fraction of sp³-hybridized carbons (Fsp3) is 0.118. The van der Waals surface area contributed by atoms with Crippen LogP contribution in [0.3, 0.4) is 0 Å². The van der Waals surface area contributed by atoms with Crippen LogP contribution in [0.4, 0.5) is 23.4 Å². The number of pyridine rings is 1. The third-order valence-corrected chi connectivity index (χ3v) is 3.09. The second-order valence-electron chi connectivity index (χ2n) is 4.86. The van der Waals surface area contributed by atoms with Gasteiger partial charge < -0.3 is 10.1 Å². The number of benzene rings is 1. The third-order valence-electron chi connectivity index (χ3n) is 3.09. The largest absolute Gasteiger partial charge is 0.462 e. The Kier molecular flexibility index (Phi) is 6.05. The van der Waals surface area contributed by atoms with Gasteiger partial charge in [-0.05, 0) is 25.1 Å². The van der Waals surface area contributed by atoms with Gasteiger partial charge in [0.1, 0.15) is 23.0 Å². The molecular formula is C17H12F4N2O3. The van der Waals surface area contributed by atoms with E-state index in [0.29, 0.717) is 6.07 Å². The van der Waals surface area contributed by atoms with Gasteiger partial charge in [-0.1, -0.05) is 0 Å². The molecule has 1 aromatic heterocycles. The topological polar surface area (TPSA) is 68.3 Å². The van der Waals surface area contributed by atoms with E-state index in [2.05, 4.69) is 10.3 Å². The van der Waals surface area contributed by atoms with E-state index >= 15 is 0 Å². The molecule has 0 atom stereocenters. The van der Waals surface area contributed by atoms with Crippen LogP contribution in [0, 0.1) is 23.3 Å². The Balaban J connectivity index is 2.39. The number of esters is 1. The molecule has 136 valence electrons. The predicted molar refractivity (Wildman–Crippen MR) is 83.2 cm³/mol. The van der Waals surface area contributed by atoms with E-state index in [1.54, 1.807) is 0 Å². The Bertz CT molecular complexity index is 867. The second kappa shape index (κ2) is 8.24. The van der Waals surface area contributed by atoms with Gasteiger partial charge >= 0.3 is 5.97 Å². The Morgan fingerprint density at radius 1 is 1.12 bits per heavy atom. The van der Waals surface area contributed by atoms with E-state index < -0.39 is 46.2 Å². The highest BCUT2D eigenvalue weighted by Crippen LogP contribution is 2.18. The summed E-state index contributed by atoms with van der Waals surface area (Å²) in [6.07, 6.45) is 1.75. The fourth-order valence-corrected chi connectivity index (χ4v) is 1.87. The van der Waals surface area contributed by atoms with Gasteiger partial charge in [-0.2, -0.15) is 0 Å². The molecule has 9 heteroatoms. The SMILES string of the molecule is CCOC(=O)C(=CNc1ccc(F)cn1)C(=O)c1cc(F)c(F)cc1F. The molecule has 0 radical (unpaired) electrons. The molecule has 0 aliphatic heterocycles. The number of Topliss-reactive ketones (excluding diaryl/α,β-unsaturated/α-hetero) is 1. The van der Waals surface area contributed by atoms with E-state index in [9.17, 15) is 27.2 Å². The lowest BCUT2D eigenvalue weighted by Gasteiger charge is -2.09. The Morgan fingerprint density at radius 3 is 2.42 bits per heavy atom. The molecule has 0 amide bonds. The molecule has 1 heterocycles. The molecule has 0 saturated heterocycles. The summed E-state index contributed by atoms with van der Waals surface area (Å²) in [4.78, 5) is 28.0. The van der Waals surface area contributed by atoms with Gasteiger partial charge in [0, 0.05) is 12.3 Å². The van der Waals surface area contributed by atoms with E-state index in [1.165, 1.54) is 13.0 Å². The number of hydrogen-bond donors (Lipinski definition) is 1. The van der Waals surface area contributed by atoms with Crippen LogP contribution in [0.25, 0.3) is 0 Å². The minimum Gasteiger partial charge on any atom is -0.462 e. The zero-order valence-electron chi connectivity index (χ0n) is 13.4. The maximum Gasteiger partial charge on any atom is 0.343 e. The molecule has 1 aromatic carbocycles. The summed E-state index contributed by atoms with van der Waals surface area (Å²) in [5, 5.41) is 2.46. The third kappa shape index (κ3) is 4.44. The van der Waals surface area contributed by atoms with Crippen LogP contribution >= 0.6 is 0 Å². The molecule has 0 aliphatic rings. The molecule has 0 saturated carbocycles. The van der Waals surface area contributed by atoms with Crippen LogP contribution in [0.5, 0.6) is 0 Å². The molecule has 0 spiro atoms. The maximum atomic E-state index is 13.8. The molecule has 2 rings (SSSR count). The number of aromatic nitrogens is 1. The molecule has 2 aromatic rings. The zero-order valence-corrected chi connectivity index (χ0v) is 13.4. The molecule has 0 bridgehead atoms. The van der Waals surface area contributed by atoms with Crippen molar-refractivity contribution in [1.29, 1.82) is 0 Å². The van der Waals surface area contributed by atoms with Crippen molar-refractivity contribution in [1.82, 2.24) is 4.98 Å². The van der Waals surface area contributed by atoms with Gasteiger partial charge in [0.05, 0.1) is 18.4 Å². The number of halogens is 4. The molecule has 1 N–H and O–H groups in total. The van der Waals surface area contributed by atoms with Gasteiger partial charge in [0.2, 0.25) is 5.78 Å². The van der Waals surface area contributed by atoms with Gasteiger partial charge in [-0.3, -0.25) is 4.79 Å². The Labute approximate surface area is 145 Å². The Hall–Kier alpha value is -3.23. The van der Waals surface area contributed by atoms with Gasteiger partial charge in [0.25, 0.3) is 0 Å². The first-order chi connectivity index (χ1) is 12.3. The van der Waals surface area contributed by atoms with Gasteiger partial charge in [-0.15, -0.1) is 0 Å². The summed E-state index contributed by atoms with van der Waals surface area (Å²) in [7, 11) is 0. The van der Waals surface area contributed by atoms with Crippen molar-refractivity contribution in [3.8, 4) is 0 Å². The van der Waals surface area contributed by atoms with Crippen molar-refractivity contribution in [3.05, 3.63) is 71.1 Å². The monoisotopic (exact) mass is 368 g/mol. The van der Waals surface area contributed by atoms with Crippen LogP contribution in [-0.4, -0.2) is 23.3 Å². The maximum absolute atomic E-state index is 13.8. The van der Waals surface area contributed by atoms with Crippen LogP contribution in [0.2, 0.25) is 0 Å². The fourth-order valence-electron chi connectivity index (χ4n) is 1.87. The number of rotatable bonds is 6. The van der Waals surface area contributed by atoms with E-state index in [4.69, 9.17) is 4.74 Å². The van der Waals surface area contributed by atoms with Crippen LogP contribution in [-0.2, 0) is 9.53 Å². The molecular weight excluding hydrogens is 356 g/mol. The number of anilines is 1. The van der Waals surface area contributed by atoms with Crippen molar-refractivity contribution < 1.29 is 31.9 Å². The summed E-state index contributed by atoms with van der Waals surface area (Å²) in [6.45, 7) is 1.39. The lowest BCUT2D eigenvalue weighted by atomic mass is 10.0. The molecule has 0 unspecified atom stereocenters. The van der Waals surface area contributed by atoms with Crippen molar-refractivity contribution >= 4 is 17.6 Å². The molecule has 0 fully saturated rings. The molecule has 26 heavy (non-hydrogen) atoms. The standard InChI is InChI=1S/C17H12F4N2O3/c1-2-26-17(25)11(8-23-15-4-3-9(18)7-22-15)16(24)10-5-13(20)14(21)6-12(10)19/h3-8H,2H2,1H3,(H,22,23). The van der Waals surface area contributed by atoms with Crippen molar-refractivity contribution in [2.75, 3.05) is 11.9 Å². The number of nitrogens with one attached hydrogen (secondary N) is 1. The second-order valence-corrected chi connectivity index (χ2v) is 4.86. The normalized spacial score (nSPS) is 11.2. The number of carbonyl (C=O) groups is 2. The van der Waals surface area contributed by atoms with E-state index in [-0.39, 0.29) is 18.5 Å². The van der Waals surface area contributed by atoms with Crippen LogP contribution in [0.1, 0.15) is 17.3 Å². The highest BCUT2D eigenvalue weighted by Gasteiger charge is 2.25. The van der Waals surface area contributed by atoms with Crippen LogP contribution < -0.4 is 5.32 Å². The highest BCUT2D eigenvalue weighted by atomic mass is 19.2.